The lowest BCUT2D eigenvalue weighted by Crippen LogP contribution is -2.46. The Labute approximate surface area is 179 Å². The van der Waals surface area contributed by atoms with Crippen LogP contribution in [-0.4, -0.2) is 63.9 Å². The van der Waals surface area contributed by atoms with E-state index in [4.69, 9.17) is 9.84 Å². The van der Waals surface area contributed by atoms with Crippen LogP contribution in [-0.2, 0) is 26.4 Å². The summed E-state index contributed by atoms with van der Waals surface area (Å²) in [5.74, 6) is 0.204. The van der Waals surface area contributed by atoms with Gasteiger partial charge in [0.2, 0.25) is 5.88 Å². The van der Waals surface area contributed by atoms with Crippen molar-refractivity contribution in [3.05, 3.63) is 41.5 Å². The van der Waals surface area contributed by atoms with Crippen molar-refractivity contribution in [1.82, 2.24) is 24.6 Å². The first-order chi connectivity index (χ1) is 15.1. The van der Waals surface area contributed by atoms with Crippen LogP contribution in [0.25, 0.3) is 10.9 Å². The summed E-state index contributed by atoms with van der Waals surface area (Å²) in [6.45, 7) is 3.96. The van der Waals surface area contributed by atoms with Crippen molar-refractivity contribution in [2.45, 2.75) is 32.2 Å². The molecule has 3 aromatic rings. The van der Waals surface area contributed by atoms with Crippen LogP contribution in [0.5, 0.6) is 5.88 Å². The average molecular weight is 428 g/mol. The first-order valence-corrected chi connectivity index (χ1v) is 10.7. The van der Waals surface area contributed by atoms with Gasteiger partial charge in [-0.3, -0.25) is 9.58 Å². The number of hydrogen-bond acceptors (Lipinski definition) is 6. The minimum Gasteiger partial charge on any atom is -0.471 e. The normalized spacial score (nSPS) is 17.0. The number of aryl methyl sites for hydroxylation is 2. The number of halogens is 2. The fraction of sp³-hybridized carbons (Fsp3) is 0.500. The topological polar surface area (TPSA) is 59.3 Å². The summed E-state index contributed by atoms with van der Waals surface area (Å²) in [6, 6.07) is 5.86. The van der Waals surface area contributed by atoms with Gasteiger partial charge < -0.3 is 9.64 Å². The Morgan fingerprint density at radius 2 is 1.94 bits per heavy atom. The molecule has 31 heavy (non-hydrogen) atoms. The Kier molecular flexibility index (Phi) is 5.43. The molecular weight excluding hydrogens is 402 g/mol. The number of hydrogen-bond donors (Lipinski definition) is 0. The van der Waals surface area contributed by atoms with Crippen LogP contribution < -0.4 is 9.64 Å². The number of aromatic nitrogens is 4. The predicted octanol–water partition coefficient (Wildman–Crippen LogP) is 2.82. The van der Waals surface area contributed by atoms with E-state index >= 15 is 0 Å². The second-order valence-corrected chi connectivity index (χ2v) is 8.19. The molecule has 1 aliphatic heterocycles. The van der Waals surface area contributed by atoms with Crippen LogP contribution >= 0.6 is 0 Å². The van der Waals surface area contributed by atoms with Crippen molar-refractivity contribution >= 4 is 16.6 Å². The number of alkyl halides is 2. The Balaban J connectivity index is 1.27. The van der Waals surface area contributed by atoms with Crippen molar-refractivity contribution in [3.8, 4) is 5.88 Å². The lowest BCUT2D eigenvalue weighted by molar-refractivity contribution is 0.0804. The maximum Gasteiger partial charge on any atom is 0.272 e. The number of rotatable bonds is 6. The van der Waals surface area contributed by atoms with Crippen molar-refractivity contribution in [3.63, 3.8) is 0 Å². The standard InChI is InChI=1S/C22H26F2N6O/c1-28-20(16-3-2-4-19(16)27-28)12-29-7-9-30(10-8-29)15-5-6-18-17(11-15)22(26-14-25-18)31-13-21(23)24/h5-6,11,14,21H,2-4,7-10,12-13H2,1H3. The number of nitrogens with zero attached hydrogens (tertiary/aromatic N) is 6. The highest BCUT2D eigenvalue weighted by atomic mass is 19.3. The summed E-state index contributed by atoms with van der Waals surface area (Å²) in [5, 5.41) is 5.35. The summed E-state index contributed by atoms with van der Waals surface area (Å²) in [4.78, 5) is 13.1. The minimum atomic E-state index is -2.54. The third kappa shape index (κ3) is 4.06. The summed E-state index contributed by atoms with van der Waals surface area (Å²) in [7, 11) is 2.05. The zero-order valence-corrected chi connectivity index (χ0v) is 17.6. The average Bonchev–Trinajstić information content (AvgIpc) is 3.34. The summed E-state index contributed by atoms with van der Waals surface area (Å²) < 4.78 is 32.4. The fourth-order valence-electron chi connectivity index (χ4n) is 4.63. The molecule has 0 unspecified atom stereocenters. The third-order valence-electron chi connectivity index (χ3n) is 6.24. The van der Waals surface area contributed by atoms with Crippen LogP contribution in [0.2, 0.25) is 0 Å². The van der Waals surface area contributed by atoms with Gasteiger partial charge in [-0.2, -0.15) is 5.10 Å². The quantitative estimate of drug-likeness (QED) is 0.602. The van der Waals surface area contributed by atoms with Gasteiger partial charge in [0.15, 0.2) is 6.61 Å². The van der Waals surface area contributed by atoms with E-state index in [1.165, 1.54) is 29.7 Å². The Bertz CT molecular complexity index is 1080. The van der Waals surface area contributed by atoms with E-state index in [1.807, 2.05) is 18.2 Å². The number of ether oxygens (including phenoxy) is 1. The highest BCUT2D eigenvalue weighted by Crippen LogP contribution is 2.29. The number of fused-ring (bicyclic) bond motifs is 2. The van der Waals surface area contributed by atoms with E-state index in [9.17, 15) is 8.78 Å². The zero-order chi connectivity index (χ0) is 21.4. The third-order valence-corrected chi connectivity index (χ3v) is 6.24. The smallest absolute Gasteiger partial charge is 0.272 e. The second-order valence-electron chi connectivity index (χ2n) is 8.19. The molecule has 0 spiro atoms. The van der Waals surface area contributed by atoms with Gasteiger partial charge in [-0.25, -0.2) is 18.7 Å². The highest BCUT2D eigenvalue weighted by Gasteiger charge is 2.24. The minimum absolute atomic E-state index is 0.204. The monoisotopic (exact) mass is 428 g/mol. The lowest BCUT2D eigenvalue weighted by Gasteiger charge is -2.36. The molecule has 5 rings (SSSR count). The van der Waals surface area contributed by atoms with Gasteiger partial charge in [0.1, 0.15) is 6.33 Å². The molecular formula is C22H26F2N6O. The molecule has 3 heterocycles. The maximum atomic E-state index is 12.6. The van der Waals surface area contributed by atoms with E-state index in [0.29, 0.717) is 10.9 Å². The molecule has 1 aromatic carbocycles. The van der Waals surface area contributed by atoms with Crippen LogP contribution in [0, 0.1) is 0 Å². The predicted molar refractivity (Wildman–Crippen MR) is 114 cm³/mol. The van der Waals surface area contributed by atoms with E-state index in [1.54, 1.807) is 0 Å². The molecule has 7 nitrogen and oxygen atoms in total. The molecule has 9 heteroatoms. The van der Waals surface area contributed by atoms with Gasteiger partial charge >= 0.3 is 0 Å². The summed E-state index contributed by atoms with van der Waals surface area (Å²) in [5.41, 5.74) is 5.80. The van der Waals surface area contributed by atoms with E-state index in [-0.39, 0.29) is 5.88 Å². The van der Waals surface area contributed by atoms with Crippen LogP contribution in [0.3, 0.4) is 0 Å². The van der Waals surface area contributed by atoms with Crippen molar-refractivity contribution < 1.29 is 13.5 Å². The van der Waals surface area contributed by atoms with Crippen molar-refractivity contribution in [2.75, 3.05) is 37.7 Å². The largest absolute Gasteiger partial charge is 0.471 e. The maximum absolute atomic E-state index is 12.6. The number of anilines is 1. The molecule has 2 aliphatic rings. The molecule has 0 radical (unpaired) electrons. The SMILES string of the molecule is Cn1nc2c(c1CN1CCN(c3ccc4ncnc(OCC(F)F)c4c3)CC1)CCC2. The van der Waals surface area contributed by atoms with Gasteiger partial charge in [0.05, 0.1) is 22.3 Å². The van der Waals surface area contributed by atoms with E-state index in [2.05, 4.69) is 31.5 Å². The first-order valence-electron chi connectivity index (χ1n) is 10.7. The molecule has 1 aliphatic carbocycles. The number of benzene rings is 1. The lowest BCUT2D eigenvalue weighted by atomic mass is 10.1. The second kappa shape index (κ2) is 8.37. The molecule has 1 saturated heterocycles. The van der Waals surface area contributed by atoms with Gasteiger partial charge in [0, 0.05) is 45.5 Å². The van der Waals surface area contributed by atoms with Gasteiger partial charge in [-0.05, 0) is 43.0 Å². The van der Waals surface area contributed by atoms with E-state index in [0.717, 1.165) is 51.3 Å². The molecule has 164 valence electrons. The Hall–Kier alpha value is -2.81. The fourth-order valence-corrected chi connectivity index (χ4v) is 4.63. The molecule has 1 fully saturated rings. The summed E-state index contributed by atoms with van der Waals surface area (Å²) in [6.07, 6.45) is 2.27. The molecule has 0 bridgehead atoms. The zero-order valence-electron chi connectivity index (χ0n) is 17.6. The van der Waals surface area contributed by atoms with Crippen LogP contribution in [0.4, 0.5) is 14.5 Å². The molecule has 0 atom stereocenters. The number of piperazine rings is 1. The van der Waals surface area contributed by atoms with Crippen LogP contribution in [0.1, 0.15) is 23.4 Å². The van der Waals surface area contributed by atoms with Crippen molar-refractivity contribution in [2.24, 2.45) is 7.05 Å². The molecule has 2 aromatic heterocycles. The van der Waals surface area contributed by atoms with Gasteiger partial charge in [-0.1, -0.05) is 0 Å². The molecule has 0 saturated carbocycles. The molecule has 0 amide bonds. The Morgan fingerprint density at radius 3 is 2.74 bits per heavy atom. The van der Waals surface area contributed by atoms with Gasteiger partial charge in [-0.15, -0.1) is 0 Å². The van der Waals surface area contributed by atoms with Crippen LogP contribution in [0.15, 0.2) is 24.5 Å². The highest BCUT2D eigenvalue weighted by molar-refractivity contribution is 5.86. The first kappa shape index (κ1) is 20.1. The Morgan fingerprint density at radius 1 is 1.10 bits per heavy atom. The van der Waals surface area contributed by atoms with E-state index < -0.39 is 13.0 Å². The summed E-state index contributed by atoms with van der Waals surface area (Å²) >= 11 is 0. The van der Waals surface area contributed by atoms with Gasteiger partial charge in [0.25, 0.3) is 6.43 Å². The molecule has 0 N–H and O–H groups in total. The van der Waals surface area contributed by atoms with Crippen molar-refractivity contribution in [1.29, 1.82) is 0 Å².